The highest BCUT2D eigenvalue weighted by Gasteiger charge is 2.33. The molecule has 31 heavy (non-hydrogen) atoms. The molecule has 0 bridgehead atoms. The zero-order chi connectivity index (χ0) is 22.3. The quantitative estimate of drug-likeness (QED) is 0.641. The smallest absolute Gasteiger partial charge is 0.410 e. The van der Waals surface area contributed by atoms with Gasteiger partial charge in [0.25, 0.3) is 0 Å². The van der Waals surface area contributed by atoms with Crippen LogP contribution in [0.1, 0.15) is 58.8 Å². The molecule has 1 aromatic rings. The van der Waals surface area contributed by atoms with Gasteiger partial charge in [-0.05, 0) is 76.6 Å². The predicted octanol–water partition coefficient (Wildman–Crippen LogP) is 4.26. The van der Waals surface area contributed by atoms with Gasteiger partial charge in [0.2, 0.25) is 0 Å². The van der Waals surface area contributed by atoms with E-state index in [1.165, 1.54) is 32.1 Å². The Morgan fingerprint density at radius 1 is 1.03 bits per heavy atom. The molecule has 2 aliphatic heterocycles. The average molecular weight is 451 g/mol. The molecule has 0 unspecified atom stereocenters. The number of hydrogen-bond donors (Lipinski definition) is 1. The second-order valence-corrected chi connectivity index (χ2v) is 11.7. The van der Waals surface area contributed by atoms with Crippen molar-refractivity contribution in [3.8, 4) is 0 Å². The van der Waals surface area contributed by atoms with E-state index >= 15 is 0 Å². The molecule has 0 radical (unpaired) electrons. The first-order chi connectivity index (χ1) is 14.8. The van der Waals surface area contributed by atoms with Crippen LogP contribution < -0.4 is 5.32 Å². The van der Waals surface area contributed by atoms with Crippen LogP contribution in [0.25, 0.3) is 0 Å². The Hall–Kier alpha value is -1.60. The van der Waals surface area contributed by atoms with Crippen molar-refractivity contribution in [2.45, 2.75) is 69.3 Å². The Bertz CT molecular complexity index is 796. The van der Waals surface area contributed by atoms with E-state index in [0.717, 1.165) is 31.8 Å². The fourth-order valence-electron chi connectivity index (χ4n) is 4.77. The molecule has 2 fully saturated rings. The minimum atomic E-state index is -3.52. The molecular weight excluding hydrogens is 412 g/mol. The number of nitrogens with zero attached hydrogens (tertiary/aromatic N) is 1. The van der Waals surface area contributed by atoms with E-state index in [0.29, 0.717) is 19.0 Å². The van der Waals surface area contributed by atoms with Gasteiger partial charge in [-0.25, -0.2) is 13.2 Å². The minimum absolute atomic E-state index is 0.233. The van der Waals surface area contributed by atoms with E-state index in [2.05, 4.69) is 5.32 Å². The van der Waals surface area contributed by atoms with Gasteiger partial charge in [0, 0.05) is 13.1 Å². The maximum Gasteiger partial charge on any atom is 0.410 e. The van der Waals surface area contributed by atoms with Crippen LogP contribution in [0, 0.1) is 11.8 Å². The third-order valence-corrected chi connectivity index (χ3v) is 8.63. The fourth-order valence-corrected chi connectivity index (χ4v) is 6.48. The molecule has 0 aromatic heterocycles. The monoisotopic (exact) mass is 450 g/mol. The van der Waals surface area contributed by atoms with Crippen LogP contribution in [0.5, 0.6) is 0 Å². The van der Waals surface area contributed by atoms with Crippen LogP contribution in [0.4, 0.5) is 4.79 Å². The lowest BCUT2D eigenvalue weighted by Crippen LogP contribution is -2.44. The maximum atomic E-state index is 12.7. The summed E-state index contributed by atoms with van der Waals surface area (Å²) in [6, 6.07) is 8.32. The Morgan fingerprint density at radius 2 is 1.61 bits per heavy atom. The highest BCUT2D eigenvalue weighted by atomic mass is 32.2. The van der Waals surface area contributed by atoms with Crippen molar-refractivity contribution in [1.82, 2.24) is 10.2 Å². The van der Waals surface area contributed by atoms with Crippen LogP contribution in [0.15, 0.2) is 35.2 Å². The number of benzene rings is 1. The van der Waals surface area contributed by atoms with Gasteiger partial charge in [-0.1, -0.05) is 37.5 Å². The lowest BCUT2D eigenvalue weighted by Gasteiger charge is -2.34. The number of nitrogens with one attached hydrogen (secondary N) is 1. The van der Waals surface area contributed by atoms with Gasteiger partial charge in [0.05, 0.1) is 10.6 Å². The maximum absolute atomic E-state index is 12.7. The molecule has 0 aliphatic carbocycles. The molecule has 6 nitrogen and oxygen atoms in total. The zero-order valence-corrected chi connectivity index (χ0v) is 19.8. The Balaban J connectivity index is 1.40. The normalized spacial score (nSPS) is 19.4. The summed E-state index contributed by atoms with van der Waals surface area (Å²) < 4.78 is 30.9. The summed E-state index contributed by atoms with van der Waals surface area (Å²) in [6.45, 7) is 7.04. The summed E-state index contributed by atoms with van der Waals surface area (Å²) in [5.74, 6) is 1.33. The van der Waals surface area contributed by atoms with Crippen molar-refractivity contribution in [2.75, 3.05) is 31.9 Å². The molecule has 1 amide bonds. The van der Waals surface area contributed by atoms with Crippen LogP contribution in [-0.4, -0.2) is 56.9 Å². The number of sulfone groups is 1. The summed E-state index contributed by atoms with van der Waals surface area (Å²) >= 11 is 0. The lowest BCUT2D eigenvalue weighted by molar-refractivity contribution is 0.0197. The molecule has 2 aliphatic rings. The molecule has 7 heteroatoms. The topological polar surface area (TPSA) is 75.7 Å². The Labute approximate surface area is 187 Å². The van der Waals surface area contributed by atoms with E-state index < -0.39 is 21.5 Å². The van der Waals surface area contributed by atoms with Crippen LogP contribution in [0.2, 0.25) is 0 Å². The molecule has 1 N–H and O–H groups in total. The molecule has 174 valence electrons. The Kier molecular flexibility index (Phi) is 8.39. The van der Waals surface area contributed by atoms with E-state index in [9.17, 15) is 13.2 Å². The van der Waals surface area contributed by atoms with Gasteiger partial charge >= 0.3 is 6.09 Å². The number of ether oxygens (including phenoxy) is 1. The van der Waals surface area contributed by atoms with E-state index in [4.69, 9.17) is 4.74 Å². The fraction of sp³-hybridized carbons (Fsp3) is 0.708. The first-order valence-corrected chi connectivity index (χ1v) is 13.4. The van der Waals surface area contributed by atoms with Crippen molar-refractivity contribution in [3.05, 3.63) is 30.3 Å². The summed E-state index contributed by atoms with van der Waals surface area (Å²) in [4.78, 5) is 14.7. The predicted molar refractivity (Wildman–Crippen MR) is 123 cm³/mol. The molecule has 1 aromatic carbocycles. The SMILES string of the molecule is CC(C)(CS(=O)(=O)c1ccccc1)OC(=O)N1CCC(CCCC2CCNCC2)CC1. The summed E-state index contributed by atoms with van der Waals surface area (Å²) in [6.07, 6.45) is 8.07. The van der Waals surface area contributed by atoms with Gasteiger partial charge in [0.15, 0.2) is 9.84 Å². The number of carbonyl (C=O) groups is 1. The van der Waals surface area contributed by atoms with Gasteiger partial charge in [-0.15, -0.1) is 0 Å². The summed E-state index contributed by atoms with van der Waals surface area (Å²) in [7, 11) is -3.52. The number of likely N-dealkylation sites (tertiary alicyclic amines) is 1. The van der Waals surface area contributed by atoms with Crippen molar-refractivity contribution in [3.63, 3.8) is 0 Å². The van der Waals surface area contributed by atoms with Gasteiger partial charge in [0.1, 0.15) is 5.60 Å². The largest absolute Gasteiger partial charge is 0.442 e. The molecule has 2 saturated heterocycles. The van der Waals surface area contributed by atoms with Crippen LogP contribution in [0.3, 0.4) is 0 Å². The number of hydrogen-bond acceptors (Lipinski definition) is 5. The molecule has 3 rings (SSSR count). The highest BCUT2D eigenvalue weighted by Crippen LogP contribution is 2.27. The second-order valence-electron chi connectivity index (χ2n) is 9.75. The van der Waals surface area contributed by atoms with E-state index in [1.54, 1.807) is 49.1 Å². The van der Waals surface area contributed by atoms with Gasteiger partial charge < -0.3 is 15.0 Å². The molecular formula is C24H38N2O4S. The summed E-state index contributed by atoms with van der Waals surface area (Å²) in [5.41, 5.74) is -1.09. The second kappa shape index (κ2) is 10.8. The van der Waals surface area contributed by atoms with Crippen molar-refractivity contribution < 1.29 is 17.9 Å². The summed E-state index contributed by atoms with van der Waals surface area (Å²) in [5, 5.41) is 3.42. The van der Waals surface area contributed by atoms with E-state index in [1.807, 2.05) is 0 Å². The third kappa shape index (κ3) is 7.49. The molecule has 2 heterocycles. The first kappa shape index (κ1) is 24.1. The van der Waals surface area contributed by atoms with Crippen molar-refractivity contribution in [1.29, 1.82) is 0 Å². The highest BCUT2D eigenvalue weighted by molar-refractivity contribution is 7.91. The molecule has 0 atom stereocenters. The van der Waals surface area contributed by atoms with Gasteiger partial charge in [-0.3, -0.25) is 0 Å². The van der Waals surface area contributed by atoms with Crippen molar-refractivity contribution >= 4 is 15.9 Å². The van der Waals surface area contributed by atoms with Gasteiger partial charge in [-0.2, -0.15) is 0 Å². The number of amides is 1. The number of piperidine rings is 2. The number of rotatable bonds is 8. The van der Waals surface area contributed by atoms with Crippen LogP contribution >= 0.6 is 0 Å². The average Bonchev–Trinajstić information content (AvgIpc) is 2.74. The first-order valence-electron chi connectivity index (χ1n) is 11.7. The third-order valence-electron chi connectivity index (χ3n) is 6.56. The Morgan fingerprint density at radius 3 is 2.23 bits per heavy atom. The standard InChI is InChI=1S/C24H38N2O4S/c1-24(2,19-31(28,29)22-9-4-3-5-10-22)30-23(27)26-17-13-21(14-18-26)8-6-7-20-11-15-25-16-12-20/h3-5,9-10,20-21,25H,6-8,11-19H2,1-2H3. The van der Waals surface area contributed by atoms with Crippen LogP contribution in [-0.2, 0) is 14.6 Å². The van der Waals surface area contributed by atoms with E-state index in [-0.39, 0.29) is 10.6 Å². The minimum Gasteiger partial charge on any atom is -0.442 e. The molecule has 0 saturated carbocycles. The molecule has 0 spiro atoms. The number of carbonyl (C=O) groups excluding carboxylic acids is 1. The lowest BCUT2D eigenvalue weighted by atomic mass is 9.87. The zero-order valence-electron chi connectivity index (χ0n) is 19.0. The van der Waals surface area contributed by atoms with Crippen molar-refractivity contribution in [2.24, 2.45) is 11.8 Å².